The second-order valence-electron chi connectivity index (χ2n) is 6.61. The van der Waals surface area contributed by atoms with Crippen LogP contribution in [0.5, 0.6) is 5.75 Å². The standard InChI is InChI=1S/C18H18F2N4O2S/c1-10(12-4-17(25)21-5-12)26-15-3-11(2-14-18(15)27-9-22-14)13-6-23-24(7-13)8-16(19)20/h2-3,6-7,9-10,12,16H,4-5,8H2,1H3,(H,21,25)/t10-,12?/m0/s1. The van der Waals surface area contributed by atoms with E-state index in [0.29, 0.717) is 18.7 Å². The maximum Gasteiger partial charge on any atom is 0.257 e. The van der Waals surface area contributed by atoms with Gasteiger partial charge in [-0.1, -0.05) is 0 Å². The number of carbonyl (C=O) groups excluding carboxylic acids is 1. The molecule has 1 N–H and O–H groups in total. The molecule has 1 fully saturated rings. The molecule has 1 aliphatic heterocycles. The van der Waals surface area contributed by atoms with Crippen molar-refractivity contribution in [2.24, 2.45) is 5.92 Å². The van der Waals surface area contributed by atoms with Gasteiger partial charge in [-0.25, -0.2) is 13.8 Å². The van der Waals surface area contributed by atoms with Crippen molar-refractivity contribution < 1.29 is 18.3 Å². The lowest BCUT2D eigenvalue weighted by molar-refractivity contribution is -0.119. The van der Waals surface area contributed by atoms with Crippen LogP contribution >= 0.6 is 11.3 Å². The topological polar surface area (TPSA) is 69.0 Å². The number of ether oxygens (including phenoxy) is 1. The van der Waals surface area contributed by atoms with Crippen LogP contribution in [0.1, 0.15) is 13.3 Å². The van der Waals surface area contributed by atoms with Crippen molar-refractivity contribution in [1.82, 2.24) is 20.1 Å². The zero-order valence-corrected chi connectivity index (χ0v) is 15.4. The number of nitrogens with zero attached hydrogens (tertiary/aromatic N) is 3. The van der Waals surface area contributed by atoms with Crippen molar-refractivity contribution in [1.29, 1.82) is 0 Å². The van der Waals surface area contributed by atoms with Gasteiger partial charge in [-0.15, -0.1) is 11.3 Å². The van der Waals surface area contributed by atoms with E-state index in [0.717, 1.165) is 21.3 Å². The number of hydrogen-bond acceptors (Lipinski definition) is 5. The average Bonchev–Trinajstić information content (AvgIpc) is 3.34. The van der Waals surface area contributed by atoms with Gasteiger partial charge < -0.3 is 10.1 Å². The number of aromatic nitrogens is 3. The molecule has 9 heteroatoms. The molecule has 0 aliphatic carbocycles. The minimum atomic E-state index is -2.46. The van der Waals surface area contributed by atoms with Crippen LogP contribution in [-0.2, 0) is 11.3 Å². The van der Waals surface area contributed by atoms with Crippen LogP contribution in [0.2, 0.25) is 0 Å². The molecule has 1 amide bonds. The number of nitrogens with one attached hydrogen (secondary N) is 1. The molecule has 3 heterocycles. The Bertz CT molecular complexity index is 971. The number of hydrogen-bond donors (Lipinski definition) is 1. The monoisotopic (exact) mass is 392 g/mol. The van der Waals surface area contributed by atoms with E-state index in [9.17, 15) is 13.6 Å². The van der Waals surface area contributed by atoms with Gasteiger partial charge in [0.2, 0.25) is 5.91 Å². The van der Waals surface area contributed by atoms with Crippen molar-refractivity contribution in [2.45, 2.75) is 32.4 Å². The van der Waals surface area contributed by atoms with Crippen molar-refractivity contribution in [3.05, 3.63) is 30.0 Å². The summed E-state index contributed by atoms with van der Waals surface area (Å²) >= 11 is 1.48. The third-order valence-corrected chi connectivity index (χ3v) is 5.53. The van der Waals surface area contributed by atoms with E-state index in [-0.39, 0.29) is 17.9 Å². The maximum absolute atomic E-state index is 12.6. The molecule has 6 nitrogen and oxygen atoms in total. The van der Waals surface area contributed by atoms with Crippen LogP contribution in [0.25, 0.3) is 21.3 Å². The number of alkyl halides is 2. The van der Waals surface area contributed by atoms with E-state index < -0.39 is 13.0 Å². The Hall–Kier alpha value is -2.55. The summed E-state index contributed by atoms with van der Waals surface area (Å²) in [6.45, 7) is 2.11. The SMILES string of the molecule is C[C@H](Oc1cc(-c2cnn(CC(F)F)c2)cc2ncsc12)C1CNC(=O)C1. The molecule has 1 aromatic carbocycles. The predicted octanol–water partition coefficient (Wildman–Crippen LogP) is 3.33. The molecule has 2 atom stereocenters. The van der Waals surface area contributed by atoms with Gasteiger partial charge in [0.1, 0.15) is 18.4 Å². The smallest absolute Gasteiger partial charge is 0.257 e. The van der Waals surface area contributed by atoms with Crippen molar-refractivity contribution in [2.75, 3.05) is 6.54 Å². The van der Waals surface area contributed by atoms with Crippen LogP contribution in [0.4, 0.5) is 8.78 Å². The van der Waals surface area contributed by atoms with E-state index in [2.05, 4.69) is 15.4 Å². The van der Waals surface area contributed by atoms with Gasteiger partial charge in [0, 0.05) is 30.6 Å². The molecule has 0 saturated carbocycles. The summed E-state index contributed by atoms with van der Waals surface area (Å²) in [6.07, 6.45) is 0.995. The second kappa shape index (κ2) is 7.22. The van der Waals surface area contributed by atoms with Gasteiger partial charge in [0.05, 0.1) is 21.9 Å². The number of amides is 1. The highest BCUT2D eigenvalue weighted by molar-refractivity contribution is 7.17. The summed E-state index contributed by atoms with van der Waals surface area (Å²) in [4.78, 5) is 15.8. The lowest BCUT2D eigenvalue weighted by Crippen LogP contribution is -2.25. The van der Waals surface area contributed by atoms with Gasteiger partial charge in [-0.2, -0.15) is 5.10 Å². The Balaban J connectivity index is 1.63. The summed E-state index contributed by atoms with van der Waals surface area (Å²) in [7, 11) is 0. The molecule has 0 radical (unpaired) electrons. The molecule has 27 heavy (non-hydrogen) atoms. The molecular formula is C18H18F2N4O2S. The largest absolute Gasteiger partial charge is 0.489 e. The molecular weight excluding hydrogens is 374 g/mol. The highest BCUT2D eigenvalue weighted by atomic mass is 32.1. The fraction of sp³-hybridized carbons (Fsp3) is 0.389. The molecule has 1 unspecified atom stereocenters. The molecule has 1 aliphatic rings. The van der Waals surface area contributed by atoms with E-state index >= 15 is 0 Å². The summed E-state index contributed by atoms with van der Waals surface area (Å²) in [5.41, 5.74) is 4.05. The van der Waals surface area contributed by atoms with Crippen LogP contribution in [0.3, 0.4) is 0 Å². The first-order valence-electron chi connectivity index (χ1n) is 8.61. The molecule has 0 bridgehead atoms. The number of thiazole rings is 1. The maximum atomic E-state index is 12.6. The molecule has 0 spiro atoms. The van der Waals surface area contributed by atoms with Gasteiger partial charge in [0.25, 0.3) is 6.43 Å². The Morgan fingerprint density at radius 1 is 1.41 bits per heavy atom. The van der Waals surface area contributed by atoms with Crippen LogP contribution in [0, 0.1) is 5.92 Å². The highest BCUT2D eigenvalue weighted by Gasteiger charge is 2.28. The molecule has 2 aromatic heterocycles. The van der Waals surface area contributed by atoms with E-state index in [4.69, 9.17) is 4.74 Å². The average molecular weight is 392 g/mol. The second-order valence-corrected chi connectivity index (χ2v) is 7.46. The number of rotatable bonds is 6. The number of carbonyl (C=O) groups is 1. The molecule has 4 rings (SSSR count). The minimum Gasteiger partial charge on any atom is -0.489 e. The van der Waals surface area contributed by atoms with Gasteiger partial charge in [-0.05, 0) is 24.6 Å². The molecule has 3 aromatic rings. The summed E-state index contributed by atoms with van der Waals surface area (Å²) in [6, 6.07) is 3.78. The highest BCUT2D eigenvalue weighted by Crippen LogP contribution is 2.36. The minimum absolute atomic E-state index is 0.0404. The first-order valence-corrected chi connectivity index (χ1v) is 9.49. The Morgan fingerprint density at radius 2 is 2.26 bits per heavy atom. The lowest BCUT2D eigenvalue weighted by atomic mass is 10.0. The number of benzene rings is 1. The summed E-state index contributed by atoms with van der Waals surface area (Å²) in [5, 5.41) is 6.82. The number of halogens is 2. The van der Waals surface area contributed by atoms with Crippen LogP contribution in [-0.4, -0.2) is 39.7 Å². The Kier molecular flexibility index (Phi) is 4.77. The zero-order valence-electron chi connectivity index (χ0n) is 14.6. The van der Waals surface area contributed by atoms with Crippen molar-refractivity contribution in [3.8, 4) is 16.9 Å². The zero-order chi connectivity index (χ0) is 19.0. The predicted molar refractivity (Wildman–Crippen MR) is 98.1 cm³/mol. The Morgan fingerprint density at radius 3 is 3.00 bits per heavy atom. The first kappa shape index (κ1) is 17.8. The quantitative estimate of drug-likeness (QED) is 0.699. The van der Waals surface area contributed by atoms with Crippen molar-refractivity contribution >= 4 is 27.5 Å². The van der Waals surface area contributed by atoms with Crippen LogP contribution < -0.4 is 10.1 Å². The van der Waals surface area contributed by atoms with Crippen molar-refractivity contribution in [3.63, 3.8) is 0 Å². The molecule has 142 valence electrons. The summed E-state index contributed by atoms with van der Waals surface area (Å²) < 4.78 is 33.5. The fourth-order valence-electron chi connectivity index (χ4n) is 3.20. The first-order chi connectivity index (χ1) is 13.0. The third-order valence-electron chi connectivity index (χ3n) is 4.67. The van der Waals surface area contributed by atoms with Gasteiger partial charge >= 0.3 is 0 Å². The van der Waals surface area contributed by atoms with Gasteiger partial charge in [0.15, 0.2) is 0 Å². The van der Waals surface area contributed by atoms with E-state index in [1.54, 1.807) is 17.9 Å². The molecule has 1 saturated heterocycles. The van der Waals surface area contributed by atoms with Crippen LogP contribution in [0.15, 0.2) is 30.0 Å². The van der Waals surface area contributed by atoms with E-state index in [1.807, 2.05) is 19.1 Å². The van der Waals surface area contributed by atoms with E-state index in [1.165, 1.54) is 16.0 Å². The van der Waals surface area contributed by atoms with Gasteiger partial charge in [-0.3, -0.25) is 9.48 Å². The lowest BCUT2D eigenvalue weighted by Gasteiger charge is -2.20. The third kappa shape index (κ3) is 3.78. The fourth-order valence-corrected chi connectivity index (χ4v) is 3.93. The normalized spacial score (nSPS) is 18.2. The number of fused-ring (bicyclic) bond motifs is 1. The Labute approximate surface area is 158 Å². The summed E-state index contributed by atoms with van der Waals surface area (Å²) in [5.74, 6) is 0.829.